The van der Waals surface area contributed by atoms with E-state index in [0.717, 1.165) is 48.3 Å². The van der Waals surface area contributed by atoms with Crippen LogP contribution in [0, 0.1) is 0 Å². The summed E-state index contributed by atoms with van der Waals surface area (Å²) >= 11 is 1.45. The van der Waals surface area contributed by atoms with Crippen molar-refractivity contribution in [3.8, 4) is 5.75 Å². The zero-order valence-corrected chi connectivity index (χ0v) is 15.7. The molecule has 138 valence electrons. The van der Waals surface area contributed by atoms with Crippen LogP contribution in [-0.2, 0) is 11.8 Å². The van der Waals surface area contributed by atoms with Crippen molar-refractivity contribution in [2.24, 2.45) is 7.05 Å². The lowest BCUT2D eigenvalue weighted by Crippen LogP contribution is -2.39. The number of thioether (sulfide) groups is 1. The second-order valence-electron chi connectivity index (χ2n) is 6.57. The predicted octanol–water partition coefficient (Wildman–Crippen LogP) is 1.80. The van der Waals surface area contributed by atoms with Crippen molar-refractivity contribution in [3.63, 3.8) is 0 Å². The third kappa shape index (κ3) is 3.43. The first-order chi connectivity index (χ1) is 12.7. The van der Waals surface area contributed by atoms with E-state index in [-0.39, 0.29) is 5.91 Å². The number of para-hydroxylation sites is 2. The molecule has 0 unspecified atom stereocenters. The number of hydrogen-bond acceptors (Lipinski definition) is 6. The van der Waals surface area contributed by atoms with E-state index in [1.54, 1.807) is 4.90 Å². The highest BCUT2D eigenvalue weighted by Gasteiger charge is 2.25. The number of nitrogens with one attached hydrogen (secondary N) is 1. The number of carbonyl (C=O) groups excluding carboxylic acids is 1. The Hall–Kier alpha value is -2.06. The Bertz CT molecular complexity index is 788. The van der Waals surface area contributed by atoms with Gasteiger partial charge in [-0.1, -0.05) is 23.9 Å². The molecule has 1 fully saturated rings. The van der Waals surface area contributed by atoms with Crippen LogP contribution in [0.3, 0.4) is 0 Å². The van der Waals surface area contributed by atoms with Gasteiger partial charge in [-0.15, -0.1) is 10.2 Å². The summed E-state index contributed by atoms with van der Waals surface area (Å²) < 4.78 is 7.67. The van der Waals surface area contributed by atoms with Crippen molar-refractivity contribution in [3.05, 3.63) is 30.1 Å². The smallest absolute Gasteiger partial charge is 0.237 e. The van der Waals surface area contributed by atoms with Gasteiger partial charge < -0.3 is 19.5 Å². The lowest BCUT2D eigenvalue weighted by molar-refractivity contribution is -0.116. The molecule has 8 heteroatoms. The molecule has 0 saturated carbocycles. The van der Waals surface area contributed by atoms with Crippen molar-refractivity contribution in [1.29, 1.82) is 0 Å². The second kappa shape index (κ2) is 7.67. The van der Waals surface area contributed by atoms with Crippen LogP contribution in [0.4, 0.5) is 5.69 Å². The van der Waals surface area contributed by atoms with Gasteiger partial charge in [0.2, 0.25) is 5.91 Å². The van der Waals surface area contributed by atoms with E-state index in [2.05, 4.69) is 15.5 Å². The molecule has 1 amide bonds. The molecule has 0 bridgehead atoms. The molecule has 7 nitrogen and oxygen atoms in total. The molecule has 2 aliphatic heterocycles. The fraction of sp³-hybridized carbons (Fsp3) is 0.500. The summed E-state index contributed by atoms with van der Waals surface area (Å²) in [5.41, 5.74) is 0.845. The van der Waals surface area contributed by atoms with Crippen LogP contribution in [0.1, 0.15) is 24.6 Å². The van der Waals surface area contributed by atoms with Gasteiger partial charge >= 0.3 is 0 Å². The Labute approximate surface area is 157 Å². The fourth-order valence-corrected chi connectivity index (χ4v) is 4.31. The quantitative estimate of drug-likeness (QED) is 0.824. The minimum Gasteiger partial charge on any atom is -0.490 e. The van der Waals surface area contributed by atoms with Gasteiger partial charge in [-0.2, -0.15) is 0 Å². The average Bonchev–Trinajstić information content (AvgIpc) is 3.07. The van der Waals surface area contributed by atoms with Gasteiger partial charge in [-0.05, 0) is 38.1 Å². The van der Waals surface area contributed by atoms with Crippen LogP contribution in [0.5, 0.6) is 5.75 Å². The molecule has 0 aliphatic carbocycles. The Kier molecular flexibility index (Phi) is 5.12. The van der Waals surface area contributed by atoms with Crippen LogP contribution in [0.25, 0.3) is 0 Å². The lowest BCUT2D eigenvalue weighted by Gasteiger charge is -2.29. The number of nitrogens with zero attached hydrogens (tertiary/aromatic N) is 4. The highest BCUT2D eigenvalue weighted by Crippen LogP contribution is 2.32. The lowest BCUT2D eigenvalue weighted by atomic mass is 9.97. The molecule has 2 aromatic rings. The standard InChI is InChI=1S/C18H23N5O2S/c1-22-17(13-6-8-19-9-7-13)20-21-18(22)26-12-16(24)23-10-11-25-15-5-3-2-4-14(15)23/h2-5,13,19H,6-12H2,1H3. The zero-order valence-electron chi connectivity index (χ0n) is 14.9. The second-order valence-corrected chi connectivity index (χ2v) is 7.52. The van der Waals surface area contributed by atoms with Crippen molar-refractivity contribution in [1.82, 2.24) is 20.1 Å². The van der Waals surface area contributed by atoms with Gasteiger partial charge in [0.1, 0.15) is 18.2 Å². The van der Waals surface area contributed by atoms with Crippen LogP contribution in [0.2, 0.25) is 0 Å². The molecule has 1 aromatic heterocycles. The van der Waals surface area contributed by atoms with Gasteiger partial charge in [0.15, 0.2) is 5.16 Å². The van der Waals surface area contributed by atoms with E-state index in [1.807, 2.05) is 35.9 Å². The summed E-state index contributed by atoms with van der Waals surface area (Å²) in [4.78, 5) is 14.5. The topological polar surface area (TPSA) is 72.3 Å². The summed E-state index contributed by atoms with van der Waals surface area (Å²) in [7, 11) is 1.99. The normalized spacial score (nSPS) is 17.7. The Morgan fingerprint density at radius 2 is 2.12 bits per heavy atom. The third-order valence-corrected chi connectivity index (χ3v) is 5.93. The number of carbonyl (C=O) groups is 1. The van der Waals surface area contributed by atoms with Crippen molar-refractivity contribution >= 4 is 23.4 Å². The summed E-state index contributed by atoms with van der Waals surface area (Å²) in [5, 5.41) is 12.9. The molecule has 0 spiro atoms. The highest BCUT2D eigenvalue weighted by molar-refractivity contribution is 7.99. The molecule has 0 atom stereocenters. The minimum atomic E-state index is 0.0668. The summed E-state index contributed by atoms with van der Waals surface area (Å²) in [5.74, 6) is 2.65. The van der Waals surface area contributed by atoms with Crippen molar-refractivity contribution in [2.45, 2.75) is 23.9 Å². The van der Waals surface area contributed by atoms with E-state index < -0.39 is 0 Å². The minimum absolute atomic E-state index is 0.0668. The number of ether oxygens (including phenoxy) is 1. The summed E-state index contributed by atoms with van der Waals surface area (Å²) in [6.45, 7) is 3.15. The van der Waals surface area contributed by atoms with E-state index in [9.17, 15) is 4.79 Å². The highest BCUT2D eigenvalue weighted by atomic mass is 32.2. The zero-order chi connectivity index (χ0) is 17.9. The van der Waals surface area contributed by atoms with E-state index >= 15 is 0 Å². The maximum atomic E-state index is 12.7. The van der Waals surface area contributed by atoms with Crippen molar-refractivity contribution < 1.29 is 9.53 Å². The maximum Gasteiger partial charge on any atom is 0.237 e. The van der Waals surface area contributed by atoms with E-state index in [1.165, 1.54) is 11.8 Å². The molecule has 2 aliphatic rings. The molecular formula is C18H23N5O2S. The summed E-state index contributed by atoms with van der Waals surface area (Å²) in [6.07, 6.45) is 2.17. The van der Waals surface area contributed by atoms with Crippen LogP contribution in [-0.4, -0.2) is 52.7 Å². The largest absolute Gasteiger partial charge is 0.490 e. The molecule has 1 aromatic carbocycles. The number of benzene rings is 1. The SMILES string of the molecule is Cn1c(SCC(=O)N2CCOc3ccccc32)nnc1C1CCNCC1. The number of anilines is 1. The Morgan fingerprint density at radius 1 is 1.31 bits per heavy atom. The third-order valence-electron chi connectivity index (χ3n) is 4.93. The van der Waals surface area contributed by atoms with Crippen LogP contribution < -0.4 is 15.0 Å². The predicted molar refractivity (Wildman–Crippen MR) is 101 cm³/mol. The molecule has 1 saturated heterocycles. The first kappa shape index (κ1) is 17.4. The van der Waals surface area contributed by atoms with Gasteiger partial charge in [0, 0.05) is 13.0 Å². The number of piperidine rings is 1. The van der Waals surface area contributed by atoms with E-state index in [4.69, 9.17) is 4.74 Å². The first-order valence-corrected chi connectivity index (χ1v) is 9.97. The van der Waals surface area contributed by atoms with Crippen LogP contribution in [0.15, 0.2) is 29.4 Å². The molecule has 26 heavy (non-hydrogen) atoms. The van der Waals surface area contributed by atoms with Gasteiger partial charge in [0.05, 0.1) is 18.0 Å². The van der Waals surface area contributed by atoms with E-state index in [0.29, 0.717) is 24.8 Å². The van der Waals surface area contributed by atoms with Crippen LogP contribution >= 0.6 is 11.8 Å². The first-order valence-electron chi connectivity index (χ1n) is 8.99. The molecule has 3 heterocycles. The molecule has 0 radical (unpaired) electrons. The van der Waals surface area contributed by atoms with Gasteiger partial charge in [0.25, 0.3) is 0 Å². The number of amides is 1. The molecule has 4 rings (SSSR count). The Morgan fingerprint density at radius 3 is 2.96 bits per heavy atom. The number of fused-ring (bicyclic) bond motifs is 1. The average molecular weight is 373 g/mol. The van der Waals surface area contributed by atoms with Gasteiger partial charge in [-0.25, -0.2) is 0 Å². The summed E-state index contributed by atoms with van der Waals surface area (Å²) in [6, 6.07) is 7.67. The molecular weight excluding hydrogens is 350 g/mol. The van der Waals surface area contributed by atoms with Gasteiger partial charge in [-0.3, -0.25) is 4.79 Å². The maximum absolute atomic E-state index is 12.7. The number of rotatable bonds is 4. The Balaban J connectivity index is 1.42. The van der Waals surface area contributed by atoms with Crippen molar-refractivity contribution in [2.75, 3.05) is 36.9 Å². The fourth-order valence-electron chi connectivity index (χ4n) is 3.52. The monoisotopic (exact) mass is 373 g/mol. The number of hydrogen-bond donors (Lipinski definition) is 1. The number of aromatic nitrogens is 3. The molecule has 1 N–H and O–H groups in total.